The number of ether oxygens (including phenoxy) is 1. The molecule has 23 heavy (non-hydrogen) atoms. The van der Waals surface area contributed by atoms with Crippen LogP contribution in [0.5, 0.6) is 5.75 Å². The Morgan fingerprint density at radius 1 is 1.17 bits per heavy atom. The highest BCUT2D eigenvalue weighted by Gasteiger charge is 2.17. The number of benzene rings is 1. The standard InChI is InChI=1S/C16H17N5O2/c1-20-14(11-3-2-4-12(22)9-11)18-13-10-17-16(19-15(13)20)21-5-7-23-8-6-21/h2-4,9-10,22H,5-8H2,1H3. The molecule has 1 saturated heterocycles. The molecule has 3 aromatic rings. The van der Waals surface area contributed by atoms with Crippen molar-refractivity contribution in [2.24, 2.45) is 7.05 Å². The van der Waals surface area contributed by atoms with E-state index >= 15 is 0 Å². The second-order valence-corrected chi connectivity index (χ2v) is 5.52. The first-order chi connectivity index (χ1) is 11.2. The maximum absolute atomic E-state index is 9.67. The zero-order chi connectivity index (χ0) is 15.8. The van der Waals surface area contributed by atoms with E-state index in [4.69, 9.17) is 4.74 Å². The predicted octanol–water partition coefficient (Wildman–Crippen LogP) is 1.57. The largest absolute Gasteiger partial charge is 0.508 e. The molecule has 1 aromatic carbocycles. The third kappa shape index (κ3) is 2.49. The number of hydrogen-bond acceptors (Lipinski definition) is 6. The van der Waals surface area contributed by atoms with E-state index in [0.717, 1.165) is 35.6 Å². The van der Waals surface area contributed by atoms with Crippen LogP contribution in [0.4, 0.5) is 5.95 Å². The number of hydrogen-bond donors (Lipinski definition) is 1. The molecule has 1 aliphatic rings. The second kappa shape index (κ2) is 5.51. The number of nitrogens with zero attached hydrogens (tertiary/aromatic N) is 5. The summed E-state index contributed by atoms with van der Waals surface area (Å²) in [4.78, 5) is 15.8. The minimum atomic E-state index is 0.217. The van der Waals surface area contributed by atoms with Crippen LogP contribution in [0.25, 0.3) is 22.6 Å². The third-order valence-corrected chi connectivity index (χ3v) is 4.00. The lowest BCUT2D eigenvalue weighted by Crippen LogP contribution is -2.37. The van der Waals surface area contributed by atoms with Gasteiger partial charge in [-0.15, -0.1) is 0 Å². The molecule has 2 aromatic heterocycles. The average Bonchev–Trinajstić information content (AvgIpc) is 2.92. The molecule has 0 radical (unpaired) electrons. The Balaban J connectivity index is 1.78. The van der Waals surface area contributed by atoms with Gasteiger partial charge in [-0.05, 0) is 12.1 Å². The van der Waals surface area contributed by atoms with Crippen molar-refractivity contribution in [2.45, 2.75) is 0 Å². The number of aryl methyl sites for hydroxylation is 1. The third-order valence-electron chi connectivity index (χ3n) is 4.00. The summed E-state index contributed by atoms with van der Waals surface area (Å²) < 4.78 is 7.29. The van der Waals surface area contributed by atoms with Crippen LogP contribution in [0, 0.1) is 0 Å². The van der Waals surface area contributed by atoms with E-state index in [2.05, 4.69) is 19.9 Å². The number of phenols is 1. The molecule has 0 unspecified atom stereocenters. The molecule has 0 atom stereocenters. The fourth-order valence-corrected chi connectivity index (χ4v) is 2.79. The van der Waals surface area contributed by atoms with Crippen molar-refractivity contribution >= 4 is 17.1 Å². The van der Waals surface area contributed by atoms with E-state index in [-0.39, 0.29) is 5.75 Å². The predicted molar refractivity (Wildman–Crippen MR) is 86.4 cm³/mol. The summed E-state index contributed by atoms with van der Waals surface area (Å²) >= 11 is 0. The number of imidazole rings is 1. The van der Waals surface area contributed by atoms with Crippen molar-refractivity contribution < 1.29 is 9.84 Å². The van der Waals surface area contributed by atoms with Gasteiger partial charge in [0.25, 0.3) is 0 Å². The molecule has 0 spiro atoms. The summed E-state index contributed by atoms with van der Waals surface area (Å²) in [5.74, 6) is 1.67. The Morgan fingerprint density at radius 2 is 2.00 bits per heavy atom. The normalized spacial score (nSPS) is 15.3. The maximum Gasteiger partial charge on any atom is 0.227 e. The van der Waals surface area contributed by atoms with Crippen molar-refractivity contribution in [2.75, 3.05) is 31.2 Å². The van der Waals surface area contributed by atoms with Gasteiger partial charge in [0.05, 0.1) is 19.4 Å². The summed E-state index contributed by atoms with van der Waals surface area (Å²) in [6.07, 6.45) is 1.75. The highest BCUT2D eigenvalue weighted by Crippen LogP contribution is 2.25. The van der Waals surface area contributed by atoms with Gasteiger partial charge in [0, 0.05) is 25.7 Å². The number of fused-ring (bicyclic) bond motifs is 1. The fraction of sp³-hybridized carbons (Fsp3) is 0.312. The molecule has 118 valence electrons. The van der Waals surface area contributed by atoms with Gasteiger partial charge in [-0.3, -0.25) is 0 Å². The number of morpholine rings is 1. The smallest absolute Gasteiger partial charge is 0.227 e. The Morgan fingerprint density at radius 3 is 2.78 bits per heavy atom. The summed E-state index contributed by atoms with van der Waals surface area (Å²) in [6.45, 7) is 2.98. The van der Waals surface area contributed by atoms with Crippen molar-refractivity contribution in [1.29, 1.82) is 0 Å². The molecule has 7 nitrogen and oxygen atoms in total. The zero-order valence-electron chi connectivity index (χ0n) is 12.8. The quantitative estimate of drug-likeness (QED) is 0.774. The average molecular weight is 311 g/mol. The molecule has 1 N–H and O–H groups in total. The molecule has 1 aliphatic heterocycles. The molecule has 4 rings (SSSR count). The lowest BCUT2D eigenvalue weighted by atomic mass is 10.2. The second-order valence-electron chi connectivity index (χ2n) is 5.52. The van der Waals surface area contributed by atoms with E-state index < -0.39 is 0 Å². The zero-order valence-corrected chi connectivity index (χ0v) is 12.8. The molecule has 1 fully saturated rings. The first-order valence-corrected chi connectivity index (χ1v) is 7.54. The van der Waals surface area contributed by atoms with Crippen molar-refractivity contribution in [1.82, 2.24) is 19.5 Å². The van der Waals surface area contributed by atoms with Crippen molar-refractivity contribution in [3.8, 4) is 17.1 Å². The summed E-state index contributed by atoms with van der Waals surface area (Å²) in [5, 5.41) is 9.67. The number of phenolic OH excluding ortho intramolecular Hbond substituents is 1. The van der Waals surface area contributed by atoms with Gasteiger partial charge >= 0.3 is 0 Å². The SMILES string of the molecule is Cn1c(-c2cccc(O)c2)nc2cnc(N3CCOCC3)nc21. The minimum absolute atomic E-state index is 0.217. The molecule has 3 heterocycles. The highest BCUT2D eigenvalue weighted by atomic mass is 16.5. The summed E-state index contributed by atoms with van der Waals surface area (Å²) in [7, 11) is 1.92. The summed E-state index contributed by atoms with van der Waals surface area (Å²) in [5.41, 5.74) is 2.36. The number of aromatic hydroxyl groups is 1. The van der Waals surface area contributed by atoms with Crippen LogP contribution in [-0.4, -0.2) is 50.9 Å². The Kier molecular flexibility index (Phi) is 3.34. The Hall–Kier alpha value is -2.67. The number of rotatable bonds is 2. The van der Waals surface area contributed by atoms with Crippen LogP contribution in [-0.2, 0) is 11.8 Å². The first kappa shape index (κ1) is 14.0. The number of anilines is 1. The molecule has 0 bridgehead atoms. The Bertz CT molecular complexity index is 855. The lowest BCUT2D eigenvalue weighted by molar-refractivity contribution is 0.122. The lowest BCUT2D eigenvalue weighted by Gasteiger charge is -2.26. The monoisotopic (exact) mass is 311 g/mol. The van der Waals surface area contributed by atoms with E-state index in [1.54, 1.807) is 24.4 Å². The Labute approximate surface area is 133 Å². The van der Waals surface area contributed by atoms with Crippen LogP contribution in [0.15, 0.2) is 30.5 Å². The topological polar surface area (TPSA) is 76.3 Å². The molecular weight excluding hydrogens is 294 g/mol. The molecule has 0 amide bonds. The molecule has 0 aliphatic carbocycles. The van der Waals surface area contributed by atoms with Gasteiger partial charge in [0.15, 0.2) is 5.65 Å². The van der Waals surface area contributed by atoms with Gasteiger partial charge < -0.3 is 19.3 Å². The minimum Gasteiger partial charge on any atom is -0.508 e. The van der Waals surface area contributed by atoms with Crippen LogP contribution in [0.3, 0.4) is 0 Å². The van der Waals surface area contributed by atoms with E-state index in [1.165, 1.54) is 0 Å². The van der Waals surface area contributed by atoms with E-state index in [9.17, 15) is 5.11 Å². The van der Waals surface area contributed by atoms with Crippen LogP contribution in [0.2, 0.25) is 0 Å². The van der Waals surface area contributed by atoms with Gasteiger partial charge in [-0.2, -0.15) is 4.98 Å². The van der Waals surface area contributed by atoms with Gasteiger partial charge in [0.1, 0.15) is 17.1 Å². The first-order valence-electron chi connectivity index (χ1n) is 7.54. The van der Waals surface area contributed by atoms with E-state index in [1.807, 2.05) is 17.7 Å². The molecular formula is C16H17N5O2. The van der Waals surface area contributed by atoms with Crippen LogP contribution >= 0.6 is 0 Å². The highest BCUT2D eigenvalue weighted by molar-refractivity contribution is 5.77. The van der Waals surface area contributed by atoms with Crippen LogP contribution < -0.4 is 4.90 Å². The maximum atomic E-state index is 9.67. The van der Waals surface area contributed by atoms with Gasteiger partial charge in [-0.25, -0.2) is 9.97 Å². The van der Waals surface area contributed by atoms with Crippen molar-refractivity contribution in [3.63, 3.8) is 0 Å². The van der Waals surface area contributed by atoms with Gasteiger partial charge in [0.2, 0.25) is 5.95 Å². The molecule has 7 heteroatoms. The van der Waals surface area contributed by atoms with Gasteiger partial charge in [-0.1, -0.05) is 12.1 Å². The fourth-order valence-electron chi connectivity index (χ4n) is 2.79. The molecule has 0 saturated carbocycles. The van der Waals surface area contributed by atoms with Crippen molar-refractivity contribution in [3.05, 3.63) is 30.5 Å². The van der Waals surface area contributed by atoms with Crippen LogP contribution in [0.1, 0.15) is 0 Å². The number of aromatic nitrogens is 4. The van der Waals surface area contributed by atoms with E-state index in [0.29, 0.717) is 19.2 Å². The summed E-state index contributed by atoms with van der Waals surface area (Å²) in [6, 6.07) is 7.05.